The molecule has 0 saturated carbocycles. The molecule has 0 atom stereocenters. The van der Waals surface area contributed by atoms with E-state index in [1.807, 2.05) is 6.08 Å². The molecule has 0 fully saturated rings. The predicted octanol–water partition coefficient (Wildman–Crippen LogP) is 3.45. The fourth-order valence-corrected chi connectivity index (χ4v) is 1.84. The van der Waals surface area contributed by atoms with Gasteiger partial charge in [0.1, 0.15) is 6.61 Å². The fraction of sp³-hybridized carbons (Fsp3) is 0.412. The molecule has 0 aliphatic heterocycles. The number of allylic oxidation sites excluding steroid dienone is 1. The van der Waals surface area contributed by atoms with Crippen molar-refractivity contribution in [2.24, 2.45) is 0 Å². The summed E-state index contributed by atoms with van der Waals surface area (Å²) in [5, 5.41) is 27.0. The lowest BCUT2D eigenvalue weighted by atomic mass is 10.1. The van der Waals surface area contributed by atoms with Gasteiger partial charge in [0.25, 0.3) is 0 Å². The molecule has 3 heteroatoms. The molecule has 0 radical (unpaired) electrons. The molecule has 0 aliphatic carbocycles. The number of aliphatic hydroxyl groups excluding tert-OH is 1. The monoisotopic (exact) mass is 274 g/mol. The van der Waals surface area contributed by atoms with E-state index < -0.39 is 0 Å². The van der Waals surface area contributed by atoms with E-state index in [4.69, 9.17) is 5.11 Å². The molecule has 0 amide bonds. The molecule has 1 aromatic carbocycles. The van der Waals surface area contributed by atoms with Gasteiger partial charge in [-0.05, 0) is 37.0 Å². The van der Waals surface area contributed by atoms with Gasteiger partial charge in [0.15, 0.2) is 11.5 Å². The molecule has 0 spiro atoms. The van der Waals surface area contributed by atoms with Gasteiger partial charge in [0, 0.05) is 6.42 Å². The lowest BCUT2D eigenvalue weighted by Gasteiger charge is -1.99. The summed E-state index contributed by atoms with van der Waals surface area (Å²) in [6, 6.07) is 4.81. The number of rotatable bonds is 7. The third kappa shape index (κ3) is 6.86. The SMILES string of the molecule is OCC#CCCCCCCC=Cc1ccc(O)c(O)c1. The highest BCUT2D eigenvalue weighted by Gasteiger charge is 1.97. The Kier molecular flexibility index (Phi) is 8.02. The van der Waals surface area contributed by atoms with Gasteiger partial charge in [-0.1, -0.05) is 37.0 Å². The first-order chi connectivity index (χ1) is 9.74. The minimum Gasteiger partial charge on any atom is -0.504 e. The average molecular weight is 274 g/mol. The minimum absolute atomic E-state index is 0.0440. The van der Waals surface area contributed by atoms with Crippen molar-refractivity contribution in [3.63, 3.8) is 0 Å². The highest BCUT2D eigenvalue weighted by Crippen LogP contribution is 2.25. The maximum absolute atomic E-state index is 9.35. The summed E-state index contributed by atoms with van der Waals surface area (Å²) in [5.41, 5.74) is 0.888. The standard InChI is InChI=1S/C17H22O3/c18-13-9-7-5-3-1-2-4-6-8-10-15-11-12-16(19)17(20)14-15/h8,10-12,14,18-20H,1-6,13H2. The van der Waals surface area contributed by atoms with Crippen molar-refractivity contribution < 1.29 is 15.3 Å². The highest BCUT2D eigenvalue weighted by atomic mass is 16.3. The van der Waals surface area contributed by atoms with Gasteiger partial charge in [0.2, 0.25) is 0 Å². The molecule has 3 nitrogen and oxygen atoms in total. The van der Waals surface area contributed by atoms with Gasteiger partial charge < -0.3 is 15.3 Å². The zero-order valence-corrected chi connectivity index (χ0v) is 11.7. The first-order valence-electron chi connectivity index (χ1n) is 6.99. The predicted molar refractivity (Wildman–Crippen MR) is 81.4 cm³/mol. The number of phenols is 2. The number of hydrogen-bond donors (Lipinski definition) is 3. The van der Waals surface area contributed by atoms with Crippen LogP contribution in [0.4, 0.5) is 0 Å². The zero-order valence-electron chi connectivity index (χ0n) is 11.7. The van der Waals surface area contributed by atoms with Gasteiger partial charge in [-0.15, -0.1) is 5.92 Å². The molecule has 0 heterocycles. The van der Waals surface area contributed by atoms with Crippen molar-refractivity contribution in [2.45, 2.75) is 38.5 Å². The van der Waals surface area contributed by atoms with Crippen LogP contribution in [0.1, 0.15) is 44.1 Å². The van der Waals surface area contributed by atoms with Crippen LogP contribution in [0.25, 0.3) is 6.08 Å². The van der Waals surface area contributed by atoms with Gasteiger partial charge in [-0.2, -0.15) is 0 Å². The quantitative estimate of drug-likeness (QED) is 0.405. The van der Waals surface area contributed by atoms with E-state index in [1.54, 1.807) is 12.1 Å². The van der Waals surface area contributed by atoms with E-state index >= 15 is 0 Å². The van der Waals surface area contributed by atoms with Crippen LogP contribution in [0.3, 0.4) is 0 Å². The molecule has 0 aliphatic rings. The summed E-state index contributed by atoms with van der Waals surface area (Å²) in [6.45, 7) is -0.0440. The van der Waals surface area contributed by atoms with E-state index in [1.165, 1.54) is 12.5 Å². The third-order valence-electron chi connectivity index (χ3n) is 2.94. The van der Waals surface area contributed by atoms with Gasteiger partial charge >= 0.3 is 0 Å². The second kappa shape index (κ2) is 9.94. The largest absolute Gasteiger partial charge is 0.504 e. The summed E-state index contributed by atoms with van der Waals surface area (Å²) < 4.78 is 0. The Morgan fingerprint density at radius 1 is 0.950 bits per heavy atom. The average Bonchev–Trinajstić information content (AvgIpc) is 2.45. The van der Waals surface area contributed by atoms with Crippen molar-refractivity contribution in [1.29, 1.82) is 0 Å². The summed E-state index contributed by atoms with van der Waals surface area (Å²) in [6.07, 6.45) is 10.5. The number of hydrogen-bond acceptors (Lipinski definition) is 3. The number of aromatic hydroxyl groups is 2. The molecule has 0 unspecified atom stereocenters. The molecule has 108 valence electrons. The van der Waals surface area contributed by atoms with E-state index in [2.05, 4.69) is 17.9 Å². The number of phenolic OH excluding ortho intramolecular Hbond substituents is 2. The highest BCUT2D eigenvalue weighted by molar-refractivity contribution is 5.54. The van der Waals surface area contributed by atoms with E-state index in [0.717, 1.165) is 37.7 Å². The molecular weight excluding hydrogens is 252 g/mol. The number of benzene rings is 1. The van der Waals surface area contributed by atoms with Crippen LogP contribution in [0.15, 0.2) is 24.3 Å². The Labute approximate surface area is 120 Å². The van der Waals surface area contributed by atoms with Crippen LogP contribution in [-0.2, 0) is 0 Å². The maximum atomic E-state index is 9.35. The van der Waals surface area contributed by atoms with E-state index in [-0.39, 0.29) is 18.1 Å². The lowest BCUT2D eigenvalue weighted by molar-refractivity contribution is 0.350. The maximum Gasteiger partial charge on any atom is 0.157 e. The summed E-state index contributed by atoms with van der Waals surface area (Å²) >= 11 is 0. The molecule has 1 aromatic rings. The van der Waals surface area contributed by atoms with E-state index in [0.29, 0.717) is 0 Å². The smallest absolute Gasteiger partial charge is 0.157 e. The van der Waals surface area contributed by atoms with Crippen LogP contribution < -0.4 is 0 Å². The van der Waals surface area contributed by atoms with Gasteiger partial charge in [-0.25, -0.2) is 0 Å². The summed E-state index contributed by atoms with van der Waals surface area (Å²) in [5.74, 6) is 5.37. The Morgan fingerprint density at radius 2 is 1.75 bits per heavy atom. The van der Waals surface area contributed by atoms with Crippen molar-refractivity contribution in [2.75, 3.05) is 6.61 Å². The third-order valence-corrected chi connectivity index (χ3v) is 2.94. The van der Waals surface area contributed by atoms with Crippen LogP contribution in [0, 0.1) is 11.8 Å². The normalized spacial score (nSPS) is 10.4. The van der Waals surface area contributed by atoms with Crippen LogP contribution in [0.2, 0.25) is 0 Å². The van der Waals surface area contributed by atoms with Gasteiger partial charge in [0.05, 0.1) is 0 Å². The Balaban J connectivity index is 2.11. The molecule has 0 bridgehead atoms. The second-order valence-electron chi connectivity index (χ2n) is 4.62. The van der Waals surface area contributed by atoms with Crippen LogP contribution in [0.5, 0.6) is 11.5 Å². The second-order valence-corrected chi connectivity index (χ2v) is 4.62. The van der Waals surface area contributed by atoms with Crippen molar-refractivity contribution >= 4 is 6.08 Å². The van der Waals surface area contributed by atoms with Gasteiger partial charge in [-0.3, -0.25) is 0 Å². The van der Waals surface area contributed by atoms with Crippen LogP contribution in [-0.4, -0.2) is 21.9 Å². The number of unbranched alkanes of at least 4 members (excludes halogenated alkanes) is 5. The molecule has 20 heavy (non-hydrogen) atoms. The summed E-state index contributed by atoms with van der Waals surface area (Å²) in [4.78, 5) is 0. The Morgan fingerprint density at radius 3 is 2.50 bits per heavy atom. The van der Waals surface area contributed by atoms with Crippen molar-refractivity contribution in [1.82, 2.24) is 0 Å². The minimum atomic E-state index is -0.0913. The van der Waals surface area contributed by atoms with Crippen molar-refractivity contribution in [3.05, 3.63) is 29.8 Å². The first kappa shape index (κ1) is 16.1. The Hall–Kier alpha value is -1.92. The Bertz CT molecular complexity index is 481. The molecule has 0 aromatic heterocycles. The fourth-order valence-electron chi connectivity index (χ4n) is 1.84. The lowest BCUT2D eigenvalue weighted by Crippen LogP contribution is -1.78. The molecule has 1 rings (SSSR count). The van der Waals surface area contributed by atoms with Crippen LogP contribution >= 0.6 is 0 Å². The molecule has 0 saturated heterocycles. The first-order valence-corrected chi connectivity index (χ1v) is 6.99. The summed E-state index contributed by atoms with van der Waals surface area (Å²) in [7, 11) is 0. The topological polar surface area (TPSA) is 60.7 Å². The number of aliphatic hydroxyl groups is 1. The zero-order chi connectivity index (χ0) is 14.6. The molecule has 3 N–H and O–H groups in total. The van der Waals surface area contributed by atoms with Crippen molar-refractivity contribution in [3.8, 4) is 23.3 Å². The molecular formula is C17H22O3. The van der Waals surface area contributed by atoms with E-state index in [9.17, 15) is 10.2 Å².